The van der Waals surface area contributed by atoms with E-state index in [1.165, 1.54) is 11.1 Å². The van der Waals surface area contributed by atoms with Crippen LogP contribution in [0.2, 0.25) is 10.0 Å². The van der Waals surface area contributed by atoms with Crippen LogP contribution in [0.4, 0.5) is 11.4 Å². The van der Waals surface area contributed by atoms with E-state index in [0.29, 0.717) is 0 Å². The summed E-state index contributed by atoms with van der Waals surface area (Å²) in [6, 6.07) is 11.9. The molecule has 2 aliphatic heterocycles. The van der Waals surface area contributed by atoms with Gasteiger partial charge < -0.3 is 0 Å². The van der Waals surface area contributed by atoms with Crippen LogP contribution in [0.25, 0.3) is 0 Å². The summed E-state index contributed by atoms with van der Waals surface area (Å²) in [5, 5.41) is 1.50. The van der Waals surface area contributed by atoms with Crippen molar-refractivity contribution in [2.45, 2.75) is 17.9 Å². The predicted octanol–water partition coefficient (Wildman–Crippen LogP) is 8.02. The van der Waals surface area contributed by atoms with Gasteiger partial charge in [0.25, 0.3) is 0 Å². The van der Waals surface area contributed by atoms with Crippen molar-refractivity contribution in [1.82, 2.24) is 0 Å². The summed E-state index contributed by atoms with van der Waals surface area (Å²) >= 11 is 19.5. The zero-order valence-electron chi connectivity index (χ0n) is 14.3. The minimum atomic E-state index is 0.749. The lowest BCUT2D eigenvalue weighted by molar-refractivity contribution is 1.13. The third-order valence-electron chi connectivity index (χ3n) is 3.96. The highest BCUT2D eigenvalue weighted by Gasteiger charge is 2.15. The Labute approximate surface area is 186 Å². The molecule has 0 spiro atoms. The summed E-state index contributed by atoms with van der Waals surface area (Å²) in [6.07, 6.45) is 1.12. The van der Waals surface area contributed by atoms with Crippen molar-refractivity contribution < 1.29 is 0 Å². The van der Waals surface area contributed by atoms with Crippen LogP contribution in [0.15, 0.2) is 46.4 Å². The van der Waals surface area contributed by atoms with E-state index in [0.717, 1.165) is 59.6 Å². The third kappa shape index (κ3) is 5.43. The average Bonchev–Trinajstić information content (AvgIpc) is 2.67. The highest BCUT2D eigenvalue weighted by Crippen LogP contribution is 2.38. The van der Waals surface area contributed by atoms with Gasteiger partial charge in [0, 0.05) is 33.1 Å². The summed E-state index contributed by atoms with van der Waals surface area (Å²) in [4.78, 5) is 9.48. The van der Waals surface area contributed by atoms with E-state index in [9.17, 15) is 0 Å². The largest absolute Gasteiger partial charge is 0.235 e. The molecule has 0 fully saturated rings. The van der Waals surface area contributed by atoms with Gasteiger partial charge in [0.15, 0.2) is 0 Å². The van der Waals surface area contributed by atoms with Crippen molar-refractivity contribution in [3.05, 3.63) is 57.6 Å². The molecule has 0 unspecified atom stereocenters. The quantitative estimate of drug-likeness (QED) is 0.422. The molecule has 140 valence electrons. The summed E-state index contributed by atoms with van der Waals surface area (Å²) in [7, 11) is 0. The molecule has 0 bridgehead atoms. The number of benzene rings is 2. The molecule has 0 aromatic heterocycles. The second-order valence-corrected chi connectivity index (χ2v) is 11.4. The zero-order valence-corrected chi connectivity index (χ0v) is 19.1. The molecule has 4 rings (SSSR count). The van der Waals surface area contributed by atoms with Gasteiger partial charge in [-0.3, -0.25) is 0 Å². The number of rotatable bonds is 4. The van der Waals surface area contributed by atoms with Crippen molar-refractivity contribution in [3.63, 3.8) is 0 Å². The minimum absolute atomic E-state index is 0.749. The Morgan fingerprint density at radius 1 is 0.778 bits per heavy atom. The third-order valence-corrected chi connectivity index (χ3v) is 9.09. The van der Waals surface area contributed by atoms with E-state index in [4.69, 9.17) is 33.2 Å². The molecule has 2 aliphatic rings. The minimum Gasteiger partial charge on any atom is -0.235 e. The number of fused-ring (bicyclic) bond motifs is 2. The van der Waals surface area contributed by atoms with Crippen LogP contribution < -0.4 is 0 Å². The van der Waals surface area contributed by atoms with Crippen molar-refractivity contribution >= 4 is 90.4 Å². The highest BCUT2D eigenvalue weighted by molar-refractivity contribution is 8.39. The van der Waals surface area contributed by atoms with Gasteiger partial charge in [-0.1, -0.05) is 82.4 Å². The van der Waals surface area contributed by atoms with Gasteiger partial charge in [0.2, 0.25) is 0 Å². The molecule has 2 aromatic rings. The Morgan fingerprint density at radius 2 is 1.26 bits per heavy atom. The Hall–Kier alpha value is -0.240. The molecular weight excluding hydrogens is 455 g/mol. The first kappa shape index (κ1) is 20.0. The van der Waals surface area contributed by atoms with Gasteiger partial charge in [-0.05, 0) is 41.8 Å². The van der Waals surface area contributed by atoms with Gasteiger partial charge in [0.05, 0.1) is 11.4 Å². The fourth-order valence-corrected chi connectivity index (χ4v) is 7.25. The van der Waals surface area contributed by atoms with Crippen LogP contribution in [0.1, 0.15) is 17.5 Å². The van der Waals surface area contributed by atoms with Crippen LogP contribution in [0.5, 0.6) is 0 Å². The first-order valence-electron chi connectivity index (χ1n) is 8.43. The average molecular weight is 472 g/mol. The van der Waals surface area contributed by atoms with Gasteiger partial charge >= 0.3 is 0 Å². The van der Waals surface area contributed by atoms with E-state index in [2.05, 4.69) is 12.1 Å². The van der Waals surface area contributed by atoms with E-state index in [1.807, 2.05) is 71.3 Å². The fraction of sp³-hybridized carbons (Fsp3) is 0.263. The smallest absolute Gasteiger partial charge is 0.130 e. The van der Waals surface area contributed by atoms with Gasteiger partial charge in [-0.25, -0.2) is 9.98 Å². The first-order chi connectivity index (χ1) is 13.2. The molecule has 0 amide bonds. The van der Waals surface area contributed by atoms with Crippen LogP contribution in [-0.4, -0.2) is 20.3 Å². The van der Waals surface area contributed by atoms with Crippen LogP contribution in [0, 0.1) is 0 Å². The molecule has 2 heterocycles. The van der Waals surface area contributed by atoms with Crippen molar-refractivity contribution in [3.8, 4) is 0 Å². The molecule has 0 N–H and O–H groups in total. The number of hydrogen-bond donors (Lipinski definition) is 0. The molecule has 2 aromatic carbocycles. The first-order valence-corrected chi connectivity index (χ1v) is 13.1. The standard InChI is InChI=1S/C19H16Cl2N2S4/c20-14-4-2-12-10-26-18(22-16(12)8-14)24-6-1-7-25-19-23-17-9-15(21)5-3-13(17)11-27-19/h2-5,8-9H,1,6-7,10-11H2. The van der Waals surface area contributed by atoms with Gasteiger partial charge in [-0.2, -0.15) is 0 Å². The summed E-state index contributed by atoms with van der Waals surface area (Å²) < 4.78 is 2.28. The van der Waals surface area contributed by atoms with Crippen molar-refractivity contribution in [2.24, 2.45) is 9.98 Å². The predicted molar refractivity (Wildman–Crippen MR) is 129 cm³/mol. The molecule has 27 heavy (non-hydrogen) atoms. The fourth-order valence-electron chi connectivity index (χ4n) is 2.59. The van der Waals surface area contributed by atoms with Gasteiger partial charge in [0.1, 0.15) is 8.75 Å². The van der Waals surface area contributed by atoms with E-state index >= 15 is 0 Å². The Kier molecular flexibility index (Phi) is 7.06. The number of aliphatic imine (C=N–C) groups is 2. The SMILES string of the molecule is Clc1ccc2c(c1)N=C(SCCCSC1=Nc3cc(Cl)ccc3CS1)SC2. The van der Waals surface area contributed by atoms with E-state index in [1.54, 1.807) is 0 Å². The Morgan fingerprint density at radius 3 is 1.74 bits per heavy atom. The molecular formula is C19H16Cl2N2S4. The molecule has 8 heteroatoms. The van der Waals surface area contributed by atoms with E-state index in [-0.39, 0.29) is 0 Å². The second-order valence-electron chi connectivity index (χ2n) is 5.93. The maximum Gasteiger partial charge on any atom is 0.130 e. The number of hydrogen-bond acceptors (Lipinski definition) is 6. The number of halogens is 2. The van der Waals surface area contributed by atoms with Crippen molar-refractivity contribution in [1.29, 1.82) is 0 Å². The second kappa shape index (κ2) is 9.51. The monoisotopic (exact) mass is 470 g/mol. The lowest BCUT2D eigenvalue weighted by Gasteiger charge is -2.15. The molecule has 0 saturated heterocycles. The normalized spacial score (nSPS) is 15.6. The number of nitrogens with zero attached hydrogens (tertiary/aromatic N) is 2. The maximum absolute atomic E-state index is 6.08. The van der Waals surface area contributed by atoms with Crippen LogP contribution in [-0.2, 0) is 11.5 Å². The van der Waals surface area contributed by atoms with E-state index < -0.39 is 0 Å². The summed E-state index contributed by atoms with van der Waals surface area (Å²) in [6.45, 7) is 0. The molecule has 2 nitrogen and oxygen atoms in total. The maximum atomic E-state index is 6.08. The molecule has 0 atom stereocenters. The summed E-state index contributed by atoms with van der Waals surface area (Å²) in [5.74, 6) is 4.08. The number of thioether (sulfide) groups is 4. The van der Waals surface area contributed by atoms with Crippen LogP contribution in [0.3, 0.4) is 0 Å². The molecule has 0 aliphatic carbocycles. The summed E-state index contributed by atoms with van der Waals surface area (Å²) in [5.41, 5.74) is 4.56. The highest BCUT2D eigenvalue weighted by atomic mass is 35.5. The Bertz CT molecular complexity index is 841. The lowest BCUT2D eigenvalue weighted by atomic mass is 10.2. The molecule has 0 radical (unpaired) electrons. The lowest BCUT2D eigenvalue weighted by Crippen LogP contribution is -1.99. The van der Waals surface area contributed by atoms with Gasteiger partial charge in [-0.15, -0.1) is 0 Å². The van der Waals surface area contributed by atoms with Crippen molar-refractivity contribution in [2.75, 3.05) is 11.5 Å². The molecule has 0 saturated carbocycles. The topological polar surface area (TPSA) is 24.7 Å². The zero-order chi connectivity index (χ0) is 18.6. The Balaban J connectivity index is 1.24. The van der Waals surface area contributed by atoms with Crippen LogP contribution >= 0.6 is 70.2 Å².